The van der Waals surface area contributed by atoms with E-state index in [-0.39, 0.29) is 12.5 Å². The van der Waals surface area contributed by atoms with Crippen molar-refractivity contribution in [3.63, 3.8) is 0 Å². The number of fused-ring (bicyclic) bond motifs is 2. The summed E-state index contributed by atoms with van der Waals surface area (Å²) in [4.78, 5) is 46.5. The summed E-state index contributed by atoms with van der Waals surface area (Å²) in [6.45, 7) is 0.109. The number of carbonyl (C=O) groups is 3. The van der Waals surface area contributed by atoms with Gasteiger partial charge in [0.05, 0.1) is 10.9 Å². The normalized spacial score (nSPS) is 16.5. The summed E-state index contributed by atoms with van der Waals surface area (Å²) in [5.41, 5.74) is 3.54. The molecule has 0 spiro atoms. The van der Waals surface area contributed by atoms with Crippen molar-refractivity contribution in [2.75, 3.05) is 11.4 Å². The number of anilines is 1. The Morgan fingerprint density at radius 2 is 1.60 bits per heavy atom. The number of para-hydroxylation sites is 1. The van der Waals surface area contributed by atoms with Crippen molar-refractivity contribution >= 4 is 57.7 Å². The molecule has 0 aliphatic carbocycles. The highest BCUT2D eigenvalue weighted by Crippen LogP contribution is 2.46. The van der Waals surface area contributed by atoms with Crippen LogP contribution in [0.5, 0.6) is 0 Å². The summed E-state index contributed by atoms with van der Waals surface area (Å²) in [6.07, 6.45) is 0. The molecular formula is C33H27ClN4O3S. The van der Waals surface area contributed by atoms with Crippen LogP contribution < -0.4 is 15.5 Å². The molecular weight excluding hydrogens is 568 g/mol. The molecule has 6 rings (SSSR count). The fourth-order valence-corrected chi connectivity index (χ4v) is 6.66. The van der Waals surface area contributed by atoms with Gasteiger partial charge in [-0.05, 0) is 41.5 Å². The fourth-order valence-electron chi connectivity index (χ4n) is 5.04. The lowest BCUT2D eigenvalue weighted by atomic mass is 10.0. The zero-order valence-electron chi connectivity index (χ0n) is 22.4. The van der Waals surface area contributed by atoms with Gasteiger partial charge in [-0.15, -0.1) is 11.8 Å². The van der Waals surface area contributed by atoms with Crippen LogP contribution in [0.4, 0.5) is 5.69 Å². The van der Waals surface area contributed by atoms with E-state index < -0.39 is 23.1 Å². The van der Waals surface area contributed by atoms with Crippen LogP contribution in [0.15, 0.2) is 114 Å². The predicted octanol–water partition coefficient (Wildman–Crippen LogP) is 6.12. The van der Waals surface area contributed by atoms with Gasteiger partial charge >= 0.3 is 0 Å². The van der Waals surface area contributed by atoms with Crippen molar-refractivity contribution in [2.45, 2.75) is 22.7 Å². The number of nitrogens with zero attached hydrogens (tertiary/aromatic N) is 1. The van der Waals surface area contributed by atoms with E-state index in [0.29, 0.717) is 22.9 Å². The minimum atomic E-state index is -0.982. The summed E-state index contributed by atoms with van der Waals surface area (Å²) in [5.74, 6) is -1.13. The molecule has 3 N–H and O–H groups in total. The number of aromatic nitrogens is 1. The predicted molar refractivity (Wildman–Crippen MR) is 167 cm³/mol. The molecule has 1 aromatic heterocycles. The third-order valence-electron chi connectivity index (χ3n) is 7.12. The molecule has 3 amide bonds. The van der Waals surface area contributed by atoms with Gasteiger partial charge in [-0.2, -0.15) is 0 Å². The second kappa shape index (κ2) is 12.1. The molecule has 0 radical (unpaired) electrons. The van der Waals surface area contributed by atoms with Gasteiger partial charge in [-0.25, -0.2) is 0 Å². The lowest BCUT2D eigenvalue weighted by Gasteiger charge is -2.28. The molecule has 2 heterocycles. The van der Waals surface area contributed by atoms with E-state index in [9.17, 15) is 14.4 Å². The summed E-state index contributed by atoms with van der Waals surface area (Å²) >= 11 is 7.84. The van der Waals surface area contributed by atoms with Crippen molar-refractivity contribution in [1.29, 1.82) is 0 Å². The first-order chi connectivity index (χ1) is 20.5. The molecule has 5 aromatic rings. The van der Waals surface area contributed by atoms with E-state index in [1.807, 2.05) is 84.9 Å². The Morgan fingerprint density at radius 1 is 0.881 bits per heavy atom. The van der Waals surface area contributed by atoms with Gasteiger partial charge < -0.3 is 20.5 Å². The number of amides is 3. The zero-order valence-corrected chi connectivity index (χ0v) is 24.0. The summed E-state index contributed by atoms with van der Waals surface area (Å²) in [6, 6.07) is 32.7. The standard InChI is InChI=1S/C33H27ClN4O3S/c34-24-15-16-27-28(18-24)42-31(22-11-5-2-6-12-22)30(37-32(40)26-17-23-13-7-8-14-25(23)36-26)33(41)38(27)20-29(39)35-19-21-9-3-1-4-10-21/h1-18,30-31,36H,19-20H2,(H,35,39)(H,37,40)/t30-,31-/m1/s1. The van der Waals surface area contributed by atoms with Crippen LogP contribution in [0.1, 0.15) is 26.9 Å². The van der Waals surface area contributed by atoms with Crippen LogP contribution in [0.25, 0.3) is 10.9 Å². The van der Waals surface area contributed by atoms with Gasteiger partial charge in [-0.1, -0.05) is 90.5 Å². The van der Waals surface area contributed by atoms with Crippen LogP contribution in [0.3, 0.4) is 0 Å². The Hall–Kier alpha value is -4.53. The van der Waals surface area contributed by atoms with Crippen LogP contribution in [0.2, 0.25) is 5.02 Å². The van der Waals surface area contributed by atoms with E-state index in [0.717, 1.165) is 26.9 Å². The van der Waals surface area contributed by atoms with Crippen molar-refractivity contribution in [1.82, 2.24) is 15.6 Å². The number of halogens is 1. The summed E-state index contributed by atoms with van der Waals surface area (Å²) in [7, 11) is 0. The van der Waals surface area contributed by atoms with Gasteiger partial charge in [0.25, 0.3) is 11.8 Å². The van der Waals surface area contributed by atoms with E-state index in [1.54, 1.807) is 24.3 Å². The lowest BCUT2D eigenvalue weighted by Crippen LogP contribution is -2.52. The minimum absolute atomic E-state index is 0.221. The van der Waals surface area contributed by atoms with Crippen LogP contribution >= 0.6 is 23.4 Å². The molecule has 210 valence electrons. The molecule has 7 nitrogen and oxygen atoms in total. The first-order valence-electron chi connectivity index (χ1n) is 13.5. The molecule has 2 atom stereocenters. The van der Waals surface area contributed by atoms with Crippen molar-refractivity contribution in [3.8, 4) is 0 Å². The number of aromatic amines is 1. The van der Waals surface area contributed by atoms with E-state index in [4.69, 9.17) is 11.6 Å². The van der Waals surface area contributed by atoms with E-state index in [2.05, 4.69) is 15.6 Å². The van der Waals surface area contributed by atoms with E-state index in [1.165, 1.54) is 16.7 Å². The zero-order chi connectivity index (χ0) is 29.1. The second-order valence-electron chi connectivity index (χ2n) is 9.97. The number of benzene rings is 4. The maximum absolute atomic E-state index is 14.4. The Labute approximate surface area is 252 Å². The van der Waals surface area contributed by atoms with Crippen LogP contribution in [0, 0.1) is 0 Å². The average Bonchev–Trinajstić information content (AvgIpc) is 3.42. The van der Waals surface area contributed by atoms with Crippen LogP contribution in [-0.2, 0) is 16.1 Å². The molecule has 4 aromatic carbocycles. The van der Waals surface area contributed by atoms with Gasteiger partial charge in [0.1, 0.15) is 18.3 Å². The molecule has 0 unspecified atom stereocenters. The molecule has 0 saturated heterocycles. The molecule has 0 fully saturated rings. The highest BCUT2D eigenvalue weighted by Gasteiger charge is 2.40. The Bertz CT molecular complexity index is 1730. The first-order valence-corrected chi connectivity index (χ1v) is 14.7. The summed E-state index contributed by atoms with van der Waals surface area (Å²) < 4.78 is 0. The largest absolute Gasteiger partial charge is 0.351 e. The van der Waals surface area contributed by atoms with Gasteiger partial charge in [-0.3, -0.25) is 14.4 Å². The maximum Gasteiger partial charge on any atom is 0.268 e. The topological polar surface area (TPSA) is 94.3 Å². The monoisotopic (exact) mass is 594 g/mol. The molecule has 1 aliphatic rings. The highest BCUT2D eigenvalue weighted by molar-refractivity contribution is 7.99. The van der Waals surface area contributed by atoms with E-state index >= 15 is 0 Å². The lowest BCUT2D eigenvalue weighted by molar-refractivity contribution is -0.124. The molecule has 9 heteroatoms. The van der Waals surface area contributed by atoms with Crippen molar-refractivity contribution < 1.29 is 14.4 Å². The smallest absolute Gasteiger partial charge is 0.268 e. The number of hydrogen-bond acceptors (Lipinski definition) is 4. The Morgan fingerprint density at radius 3 is 2.36 bits per heavy atom. The molecule has 0 bridgehead atoms. The maximum atomic E-state index is 14.4. The Balaban J connectivity index is 1.35. The molecule has 1 aliphatic heterocycles. The minimum Gasteiger partial charge on any atom is -0.351 e. The Kier molecular flexibility index (Phi) is 7.99. The average molecular weight is 595 g/mol. The number of nitrogens with one attached hydrogen (secondary N) is 3. The van der Waals surface area contributed by atoms with Gasteiger partial charge in [0.2, 0.25) is 5.91 Å². The van der Waals surface area contributed by atoms with Crippen molar-refractivity contribution in [3.05, 3.63) is 131 Å². The molecule has 0 saturated carbocycles. The number of thioether (sulfide) groups is 1. The number of carbonyl (C=O) groups excluding carboxylic acids is 3. The quantitative estimate of drug-likeness (QED) is 0.212. The highest BCUT2D eigenvalue weighted by atomic mass is 35.5. The first kappa shape index (κ1) is 27.6. The fraction of sp³-hybridized carbons (Fsp3) is 0.121. The molecule has 42 heavy (non-hydrogen) atoms. The van der Waals surface area contributed by atoms with Gasteiger partial charge in [0, 0.05) is 27.4 Å². The number of rotatable bonds is 7. The SMILES string of the molecule is O=C(CN1C(=O)[C@H](NC(=O)c2cc3ccccc3[nH]2)[C@@H](c2ccccc2)Sc2cc(Cl)ccc21)NCc1ccccc1. The van der Waals surface area contributed by atoms with Crippen molar-refractivity contribution in [2.24, 2.45) is 0 Å². The second-order valence-corrected chi connectivity index (χ2v) is 11.6. The summed E-state index contributed by atoms with van der Waals surface area (Å²) in [5, 5.41) is 6.82. The number of hydrogen-bond donors (Lipinski definition) is 3. The van der Waals surface area contributed by atoms with Gasteiger partial charge in [0.15, 0.2) is 0 Å². The third kappa shape index (κ3) is 5.91. The third-order valence-corrected chi connectivity index (χ3v) is 8.74. The number of H-pyrrole nitrogens is 1. The van der Waals surface area contributed by atoms with Crippen LogP contribution in [-0.4, -0.2) is 35.3 Å².